The van der Waals surface area contributed by atoms with Crippen LogP contribution >= 0.6 is 24.0 Å². The fourth-order valence-electron chi connectivity index (χ4n) is 1.51. The normalized spacial score (nSPS) is 10.4. The van der Waals surface area contributed by atoms with Crippen molar-refractivity contribution in [2.45, 2.75) is 0 Å². The molecule has 0 aliphatic heterocycles. The molecule has 3 N–H and O–H groups in total. The maximum atomic E-state index is 11.9. The molecule has 0 radical (unpaired) electrons. The standard InChI is InChI=1S/C12H10N2O3S2/c13-14-12(18)19-6-9(15)8-5-7-3-1-2-4-10(7)17-11(8)16/h1-5H,6,13H2,(H,14,18). The van der Waals surface area contributed by atoms with Crippen molar-refractivity contribution in [1.29, 1.82) is 0 Å². The lowest BCUT2D eigenvalue weighted by Gasteiger charge is -2.02. The molecule has 2 aromatic rings. The van der Waals surface area contributed by atoms with Crippen molar-refractivity contribution in [3.63, 3.8) is 0 Å². The summed E-state index contributed by atoms with van der Waals surface area (Å²) in [5.74, 6) is 4.79. The Labute approximate surface area is 118 Å². The zero-order valence-electron chi connectivity index (χ0n) is 9.71. The summed E-state index contributed by atoms with van der Waals surface area (Å²) < 4.78 is 5.38. The van der Waals surface area contributed by atoms with Crippen molar-refractivity contribution in [1.82, 2.24) is 5.43 Å². The van der Waals surface area contributed by atoms with Gasteiger partial charge < -0.3 is 9.84 Å². The minimum atomic E-state index is -0.643. The van der Waals surface area contributed by atoms with E-state index in [1.54, 1.807) is 24.3 Å². The fraction of sp³-hybridized carbons (Fsp3) is 0.0833. The third kappa shape index (κ3) is 3.19. The second-order valence-corrected chi connectivity index (χ2v) is 5.28. The first-order valence-corrected chi connectivity index (χ1v) is 6.70. The van der Waals surface area contributed by atoms with Crippen LogP contribution in [0.1, 0.15) is 10.4 Å². The van der Waals surface area contributed by atoms with Crippen molar-refractivity contribution in [2.75, 3.05) is 5.75 Å². The van der Waals surface area contributed by atoms with E-state index in [0.717, 1.165) is 11.8 Å². The number of carbonyl (C=O) groups excluding carboxylic acids is 1. The average Bonchev–Trinajstić information content (AvgIpc) is 2.43. The van der Waals surface area contributed by atoms with E-state index >= 15 is 0 Å². The Morgan fingerprint density at radius 1 is 1.42 bits per heavy atom. The minimum Gasteiger partial charge on any atom is -0.422 e. The number of hydrogen-bond donors (Lipinski definition) is 2. The second-order valence-electron chi connectivity index (χ2n) is 3.63. The van der Waals surface area contributed by atoms with Gasteiger partial charge in [-0.2, -0.15) is 0 Å². The van der Waals surface area contributed by atoms with Gasteiger partial charge in [0.05, 0.1) is 5.75 Å². The van der Waals surface area contributed by atoms with Crippen molar-refractivity contribution in [2.24, 2.45) is 5.84 Å². The number of thioether (sulfide) groups is 1. The number of carbonyl (C=O) groups is 1. The smallest absolute Gasteiger partial charge is 0.347 e. The van der Waals surface area contributed by atoms with Crippen LogP contribution in [0.25, 0.3) is 11.0 Å². The van der Waals surface area contributed by atoms with E-state index in [0.29, 0.717) is 15.3 Å². The molecule has 2 rings (SSSR count). The third-order valence-corrected chi connectivity index (χ3v) is 3.65. The summed E-state index contributed by atoms with van der Waals surface area (Å²) in [6.45, 7) is 0. The van der Waals surface area contributed by atoms with Crippen molar-refractivity contribution >= 4 is 45.1 Å². The number of hydrogen-bond acceptors (Lipinski definition) is 6. The topological polar surface area (TPSA) is 85.3 Å². The molecule has 0 aliphatic carbocycles. The van der Waals surface area contributed by atoms with Gasteiger partial charge in [-0.15, -0.1) is 0 Å². The lowest BCUT2D eigenvalue weighted by Crippen LogP contribution is -2.27. The monoisotopic (exact) mass is 294 g/mol. The van der Waals surface area contributed by atoms with E-state index in [4.69, 9.17) is 22.5 Å². The second kappa shape index (κ2) is 5.96. The highest BCUT2D eigenvalue weighted by Gasteiger charge is 2.14. The summed E-state index contributed by atoms with van der Waals surface area (Å²) >= 11 is 5.87. The van der Waals surface area contributed by atoms with Gasteiger partial charge in [0, 0.05) is 5.39 Å². The summed E-state index contributed by atoms with van der Waals surface area (Å²) in [6.07, 6.45) is 0. The molecule has 0 bridgehead atoms. The van der Waals surface area contributed by atoms with Gasteiger partial charge in [0.1, 0.15) is 15.5 Å². The molecule has 0 aliphatic rings. The van der Waals surface area contributed by atoms with Crippen LogP contribution in [0.5, 0.6) is 0 Å². The molecular weight excluding hydrogens is 284 g/mol. The van der Waals surface area contributed by atoms with Gasteiger partial charge in [-0.05, 0) is 12.1 Å². The molecule has 0 unspecified atom stereocenters. The van der Waals surface area contributed by atoms with Gasteiger partial charge in [0.25, 0.3) is 0 Å². The summed E-state index contributed by atoms with van der Waals surface area (Å²) in [5, 5.41) is 0.704. The Balaban J connectivity index is 2.29. The van der Waals surface area contributed by atoms with Crippen LogP contribution in [0, 0.1) is 0 Å². The zero-order valence-corrected chi connectivity index (χ0v) is 11.3. The summed E-state index contributed by atoms with van der Waals surface area (Å²) in [7, 11) is 0. The summed E-state index contributed by atoms with van der Waals surface area (Å²) in [6, 6.07) is 8.54. The van der Waals surface area contributed by atoms with Gasteiger partial charge in [-0.25, -0.2) is 10.6 Å². The first-order valence-electron chi connectivity index (χ1n) is 5.31. The van der Waals surface area contributed by atoms with Crippen molar-refractivity contribution in [3.05, 3.63) is 46.3 Å². The number of para-hydroxylation sites is 1. The maximum absolute atomic E-state index is 11.9. The average molecular weight is 294 g/mol. The number of fused-ring (bicyclic) bond motifs is 1. The van der Waals surface area contributed by atoms with Gasteiger partial charge in [-0.1, -0.05) is 42.2 Å². The Bertz CT molecular complexity index is 697. The number of Topliss-reactive ketones (excluding diaryl/α,β-unsaturated/α-hetero) is 1. The van der Waals surface area contributed by atoms with Gasteiger partial charge >= 0.3 is 5.63 Å². The molecule has 0 saturated heterocycles. The van der Waals surface area contributed by atoms with Crippen molar-refractivity contribution < 1.29 is 9.21 Å². The number of nitrogens with one attached hydrogen (secondary N) is 1. The molecule has 1 heterocycles. The summed E-state index contributed by atoms with van der Waals surface area (Å²) in [5.41, 5.74) is 2.09. The number of rotatable bonds is 3. The Morgan fingerprint density at radius 2 is 2.16 bits per heavy atom. The molecule has 0 amide bonds. The molecule has 7 heteroatoms. The highest BCUT2D eigenvalue weighted by molar-refractivity contribution is 8.23. The van der Waals surface area contributed by atoms with Crippen LogP contribution in [-0.2, 0) is 0 Å². The summed E-state index contributed by atoms with van der Waals surface area (Å²) in [4.78, 5) is 23.6. The molecule has 0 fully saturated rings. The third-order valence-electron chi connectivity index (χ3n) is 2.39. The lowest BCUT2D eigenvalue weighted by atomic mass is 10.1. The predicted molar refractivity (Wildman–Crippen MR) is 79.2 cm³/mol. The van der Waals surface area contributed by atoms with E-state index in [2.05, 4.69) is 5.43 Å². The molecule has 1 aromatic heterocycles. The number of nitrogens with two attached hydrogens (primary N) is 1. The number of hydrazine groups is 1. The Morgan fingerprint density at radius 3 is 2.89 bits per heavy atom. The van der Waals surface area contributed by atoms with Crippen LogP contribution in [-0.4, -0.2) is 15.9 Å². The minimum absolute atomic E-state index is 0.0195. The largest absolute Gasteiger partial charge is 0.422 e. The molecule has 5 nitrogen and oxygen atoms in total. The number of ketones is 1. The maximum Gasteiger partial charge on any atom is 0.347 e. The highest BCUT2D eigenvalue weighted by atomic mass is 32.2. The first-order chi connectivity index (χ1) is 9.11. The van der Waals surface area contributed by atoms with Gasteiger partial charge in [0.2, 0.25) is 0 Å². The van der Waals surface area contributed by atoms with Crippen LogP contribution < -0.4 is 16.9 Å². The zero-order chi connectivity index (χ0) is 13.8. The molecule has 19 heavy (non-hydrogen) atoms. The number of thiocarbonyl (C=S) groups is 1. The van der Waals surface area contributed by atoms with Crippen LogP contribution in [0.15, 0.2) is 39.5 Å². The van der Waals surface area contributed by atoms with E-state index < -0.39 is 5.63 Å². The van der Waals surface area contributed by atoms with Crippen molar-refractivity contribution in [3.8, 4) is 0 Å². The van der Waals surface area contributed by atoms with Crippen LogP contribution in [0.4, 0.5) is 0 Å². The van der Waals surface area contributed by atoms with E-state index in [9.17, 15) is 9.59 Å². The first kappa shape index (κ1) is 13.7. The van der Waals surface area contributed by atoms with Crippen LogP contribution in [0.3, 0.4) is 0 Å². The fourth-order valence-corrected chi connectivity index (χ4v) is 2.18. The molecular formula is C12H10N2O3S2. The Kier molecular flexibility index (Phi) is 4.31. The predicted octanol–water partition coefficient (Wildman–Crippen LogP) is 1.46. The molecule has 0 spiro atoms. The SMILES string of the molecule is NNC(=S)SCC(=O)c1cc2ccccc2oc1=O. The van der Waals surface area contributed by atoms with E-state index in [-0.39, 0.29) is 17.1 Å². The van der Waals surface area contributed by atoms with Gasteiger partial charge in [0.15, 0.2) is 5.78 Å². The molecule has 1 aromatic carbocycles. The highest BCUT2D eigenvalue weighted by Crippen LogP contribution is 2.14. The molecule has 98 valence electrons. The molecule has 0 saturated carbocycles. The van der Waals surface area contributed by atoms with E-state index in [1.807, 2.05) is 0 Å². The number of benzene rings is 1. The van der Waals surface area contributed by atoms with E-state index in [1.165, 1.54) is 6.07 Å². The lowest BCUT2D eigenvalue weighted by molar-refractivity contribution is 0.101. The van der Waals surface area contributed by atoms with Crippen LogP contribution in [0.2, 0.25) is 0 Å². The van der Waals surface area contributed by atoms with Gasteiger partial charge in [-0.3, -0.25) is 4.79 Å². The quantitative estimate of drug-likeness (QED) is 0.291. The molecule has 0 atom stereocenters. The Hall–Kier alpha value is -1.70.